The lowest BCUT2D eigenvalue weighted by Crippen LogP contribution is -2.55. The first-order valence-corrected chi connectivity index (χ1v) is 7.82. The molecule has 0 saturated heterocycles. The van der Waals surface area contributed by atoms with Gasteiger partial charge in [0.05, 0.1) is 22.5 Å². The van der Waals surface area contributed by atoms with Gasteiger partial charge in [-0.15, -0.1) is 0 Å². The van der Waals surface area contributed by atoms with Crippen LogP contribution in [0.1, 0.15) is 31.8 Å². The zero-order chi connectivity index (χ0) is 24.1. The lowest BCUT2D eigenvalue weighted by Gasteiger charge is -2.38. The number of hydrogen-bond donors (Lipinski definition) is 6. The average Bonchev–Trinajstić information content (AvgIpc) is 2.58. The minimum Gasteiger partial charge on any atom is -0.506 e. The van der Waals surface area contributed by atoms with Crippen molar-refractivity contribution in [2.45, 2.75) is 17.8 Å². The number of nitrogen functional groups attached to an aromatic ring is 2. The fourth-order valence-electron chi connectivity index (χ4n) is 3.04. The molecule has 0 atom stereocenters. The van der Waals surface area contributed by atoms with E-state index in [0.717, 1.165) is 0 Å². The van der Waals surface area contributed by atoms with E-state index in [1.165, 1.54) is 0 Å². The van der Waals surface area contributed by atoms with Gasteiger partial charge in [0.15, 0.2) is 0 Å². The van der Waals surface area contributed by atoms with Gasteiger partial charge in [-0.05, 0) is 35.4 Å². The first-order valence-electron chi connectivity index (χ1n) is 7.82. The molecule has 0 fully saturated rings. The second kappa shape index (κ2) is 7.14. The van der Waals surface area contributed by atoms with Crippen LogP contribution in [0.4, 0.5) is 37.7 Å². The molecule has 168 valence electrons. The van der Waals surface area contributed by atoms with Gasteiger partial charge in [-0.1, -0.05) is 0 Å². The number of benzene rings is 2. The van der Waals surface area contributed by atoms with Gasteiger partial charge in [-0.25, -0.2) is 9.59 Å². The predicted molar refractivity (Wildman–Crippen MR) is 91.8 cm³/mol. The number of carbonyl (C=O) groups is 2. The van der Waals surface area contributed by atoms with E-state index in [4.69, 9.17) is 21.7 Å². The number of phenols is 2. The lowest BCUT2D eigenvalue weighted by atomic mass is 9.71. The largest absolute Gasteiger partial charge is 0.506 e. The normalized spacial score (nSPS) is 12.6. The van der Waals surface area contributed by atoms with Crippen molar-refractivity contribution in [3.05, 3.63) is 46.5 Å². The van der Waals surface area contributed by atoms with Crippen LogP contribution in [0.2, 0.25) is 0 Å². The van der Waals surface area contributed by atoms with Gasteiger partial charge >= 0.3 is 24.3 Å². The molecule has 0 aromatic heterocycles. The quantitative estimate of drug-likeness (QED) is 0.233. The second-order valence-corrected chi connectivity index (χ2v) is 6.27. The number of rotatable bonds is 4. The molecule has 0 spiro atoms. The summed E-state index contributed by atoms with van der Waals surface area (Å²) in [7, 11) is 0. The molecule has 0 amide bonds. The Kier molecular flexibility index (Phi) is 5.40. The highest BCUT2D eigenvalue weighted by Gasteiger charge is 2.73. The topological polar surface area (TPSA) is 167 Å². The van der Waals surface area contributed by atoms with Crippen molar-refractivity contribution >= 4 is 23.3 Å². The average molecular weight is 454 g/mol. The standard InChI is InChI=1S/C17H12F6N2O6/c18-16(19,20)15(17(21,22)23,5-1-7(13(28)29)11(24)9(26)3-5)6-2-8(14(30)31)12(25)10(27)4-6/h1-4,26-27H,24-25H2,(H,28,29)(H,30,31). The number of anilines is 2. The maximum atomic E-state index is 14.1. The summed E-state index contributed by atoms with van der Waals surface area (Å²) in [6.07, 6.45) is -12.6. The third kappa shape index (κ3) is 3.49. The molecule has 2 aromatic carbocycles. The Morgan fingerprint density at radius 1 is 0.677 bits per heavy atom. The summed E-state index contributed by atoms with van der Waals surface area (Å²) in [6, 6.07) is -0.189. The van der Waals surface area contributed by atoms with Crippen LogP contribution in [0.5, 0.6) is 11.5 Å². The molecular weight excluding hydrogens is 442 g/mol. The van der Waals surface area contributed by atoms with Gasteiger partial charge in [-0.3, -0.25) is 0 Å². The van der Waals surface area contributed by atoms with E-state index in [0.29, 0.717) is 0 Å². The number of alkyl halides is 6. The van der Waals surface area contributed by atoms with E-state index < -0.39 is 74.8 Å². The molecule has 14 heteroatoms. The molecule has 8 nitrogen and oxygen atoms in total. The minimum absolute atomic E-state index is 0.0450. The summed E-state index contributed by atoms with van der Waals surface area (Å²) < 4.78 is 84.8. The SMILES string of the molecule is Nc1c(O)cc(C(c2cc(O)c(N)c(C(=O)O)c2)(C(F)(F)F)C(F)(F)F)cc1C(=O)O. The van der Waals surface area contributed by atoms with Crippen LogP contribution in [-0.2, 0) is 5.41 Å². The summed E-state index contributed by atoms with van der Waals surface area (Å²) >= 11 is 0. The molecule has 0 aliphatic carbocycles. The lowest BCUT2D eigenvalue weighted by molar-refractivity contribution is -0.288. The number of phenolic OH excluding ortho intramolecular Hbond substituents is 2. The van der Waals surface area contributed by atoms with Gasteiger partial charge in [-0.2, -0.15) is 26.3 Å². The van der Waals surface area contributed by atoms with E-state index in [1.807, 2.05) is 0 Å². The highest BCUT2D eigenvalue weighted by Crippen LogP contribution is 2.58. The molecule has 0 saturated carbocycles. The van der Waals surface area contributed by atoms with Gasteiger partial charge in [0.1, 0.15) is 11.5 Å². The minimum atomic E-state index is -6.28. The summed E-state index contributed by atoms with van der Waals surface area (Å²) in [5.41, 5.74) is -2.83. The first kappa shape index (κ1) is 23.4. The van der Waals surface area contributed by atoms with Gasteiger partial charge in [0.2, 0.25) is 5.41 Å². The third-order valence-corrected chi connectivity index (χ3v) is 4.49. The number of aromatic hydroxyl groups is 2. The van der Waals surface area contributed by atoms with Crippen LogP contribution in [0.25, 0.3) is 0 Å². The van der Waals surface area contributed by atoms with E-state index in [1.54, 1.807) is 0 Å². The van der Waals surface area contributed by atoms with Crippen molar-refractivity contribution < 1.29 is 56.4 Å². The molecule has 0 radical (unpaired) electrons. The zero-order valence-electron chi connectivity index (χ0n) is 14.8. The van der Waals surface area contributed by atoms with Crippen LogP contribution in [-0.4, -0.2) is 44.7 Å². The Hall–Kier alpha value is -3.84. The number of carboxylic acids is 2. The smallest absolute Gasteiger partial charge is 0.411 e. The highest BCUT2D eigenvalue weighted by molar-refractivity contribution is 5.96. The van der Waals surface area contributed by atoms with Crippen LogP contribution in [0.3, 0.4) is 0 Å². The number of carboxylic acid groups (broad SMARTS) is 2. The maximum absolute atomic E-state index is 14.1. The second-order valence-electron chi connectivity index (χ2n) is 6.27. The van der Waals surface area contributed by atoms with Crippen molar-refractivity contribution in [2.75, 3.05) is 11.5 Å². The van der Waals surface area contributed by atoms with E-state index >= 15 is 0 Å². The Labute approximate surface area is 167 Å². The van der Waals surface area contributed by atoms with Crippen LogP contribution in [0, 0.1) is 0 Å². The van der Waals surface area contributed by atoms with Crippen LogP contribution in [0.15, 0.2) is 24.3 Å². The van der Waals surface area contributed by atoms with Crippen LogP contribution < -0.4 is 11.5 Å². The Balaban J connectivity index is 3.16. The fraction of sp³-hybridized carbons (Fsp3) is 0.176. The molecular formula is C17H12F6N2O6. The monoisotopic (exact) mass is 454 g/mol. The fourth-order valence-corrected chi connectivity index (χ4v) is 3.04. The molecule has 0 unspecified atom stereocenters. The predicted octanol–water partition coefficient (Wildman–Crippen LogP) is 3.07. The van der Waals surface area contributed by atoms with E-state index in [9.17, 15) is 46.1 Å². The van der Waals surface area contributed by atoms with Crippen molar-refractivity contribution in [2.24, 2.45) is 0 Å². The number of nitrogens with two attached hydrogens (primary N) is 2. The van der Waals surface area contributed by atoms with Gasteiger partial charge < -0.3 is 31.9 Å². The van der Waals surface area contributed by atoms with Crippen LogP contribution >= 0.6 is 0 Å². The molecule has 0 bridgehead atoms. The summed E-state index contributed by atoms with van der Waals surface area (Å²) in [6.45, 7) is 0. The molecule has 2 rings (SSSR count). The molecule has 8 N–H and O–H groups in total. The molecule has 0 aliphatic rings. The molecule has 31 heavy (non-hydrogen) atoms. The maximum Gasteiger partial charge on any atom is 0.411 e. The number of hydrogen-bond acceptors (Lipinski definition) is 6. The van der Waals surface area contributed by atoms with E-state index in [-0.39, 0.29) is 24.3 Å². The number of halogens is 6. The van der Waals surface area contributed by atoms with Gasteiger partial charge in [0.25, 0.3) is 0 Å². The third-order valence-electron chi connectivity index (χ3n) is 4.49. The summed E-state index contributed by atoms with van der Waals surface area (Å²) in [5, 5.41) is 37.6. The highest BCUT2D eigenvalue weighted by atomic mass is 19.4. The summed E-state index contributed by atoms with van der Waals surface area (Å²) in [4.78, 5) is 22.5. The van der Waals surface area contributed by atoms with Crippen molar-refractivity contribution in [1.82, 2.24) is 0 Å². The zero-order valence-corrected chi connectivity index (χ0v) is 14.8. The molecule has 0 heterocycles. The Morgan fingerprint density at radius 3 is 1.19 bits per heavy atom. The number of aromatic carboxylic acids is 2. The molecule has 0 aliphatic heterocycles. The van der Waals surface area contributed by atoms with Crippen molar-refractivity contribution in [1.29, 1.82) is 0 Å². The van der Waals surface area contributed by atoms with Crippen molar-refractivity contribution in [3.63, 3.8) is 0 Å². The van der Waals surface area contributed by atoms with Gasteiger partial charge in [0, 0.05) is 0 Å². The molecule has 2 aromatic rings. The Morgan fingerprint density at radius 2 is 0.968 bits per heavy atom. The van der Waals surface area contributed by atoms with E-state index in [2.05, 4.69) is 0 Å². The first-order chi connectivity index (χ1) is 14.0. The van der Waals surface area contributed by atoms with Crippen molar-refractivity contribution in [3.8, 4) is 11.5 Å². The Bertz CT molecular complexity index is 995. The summed E-state index contributed by atoms with van der Waals surface area (Å²) in [5.74, 6) is -6.88.